The lowest BCUT2D eigenvalue weighted by atomic mass is 10.2. The van der Waals surface area contributed by atoms with E-state index in [1.165, 1.54) is 4.90 Å². The number of aromatic nitrogens is 2. The Morgan fingerprint density at radius 3 is 2.54 bits per heavy atom. The molecule has 0 radical (unpaired) electrons. The first-order valence-electron chi connectivity index (χ1n) is 9.27. The number of para-hydroxylation sites is 1. The number of benzene rings is 1. The smallest absolute Gasteiger partial charge is 0.273 e. The molecule has 2 heterocycles. The predicted octanol–water partition coefficient (Wildman–Crippen LogP) is 3.59. The summed E-state index contributed by atoms with van der Waals surface area (Å²) in [7, 11) is 0. The summed E-state index contributed by atoms with van der Waals surface area (Å²) in [4.78, 5) is 28.0. The van der Waals surface area contributed by atoms with E-state index in [1.807, 2.05) is 68.6 Å². The van der Waals surface area contributed by atoms with Crippen LogP contribution in [0.2, 0.25) is 0 Å². The molecule has 0 spiro atoms. The summed E-state index contributed by atoms with van der Waals surface area (Å²) in [5, 5.41) is 9.48. The molecule has 0 atom stereocenters. The highest BCUT2D eigenvalue weighted by Gasteiger charge is 2.24. The zero-order valence-corrected chi connectivity index (χ0v) is 17.1. The summed E-state index contributed by atoms with van der Waals surface area (Å²) in [6.45, 7) is 6.10. The molecule has 146 valence electrons. The van der Waals surface area contributed by atoms with Gasteiger partial charge in [-0.05, 0) is 50.4 Å². The van der Waals surface area contributed by atoms with Gasteiger partial charge in [0.1, 0.15) is 11.4 Å². The molecule has 0 unspecified atom stereocenters. The van der Waals surface area contributed by atoms with Crippen LogP contribution >= 0.6 is 11.3 Å². The number of amides is 2. The van der Waals surface area contributed by atoms with E-state index in [0.29, 0.717) is 12.2 Å². The zero-order valence-electron chi connectivity index (χ0n) is 16.3. The molecule has 0 aliphatic rings. The van der Waals surface area contributed by atoms with Crippen LogP contribution in [0.3, 0.4) is 0 Å². The van der Waals surface area contributed by atoms with Gasteiger partial charge in [0.15, 0.2) is 0 Å². The first-order valence-corrected chi connectivity index (χ1v) is 10.2. The molecule has 0 bridgehead atoms. The largest absolute Gasteiger partial charge is 0.352 e. The van der Waals surface area contributed by atoms with Gasteiger partial charge in [0, 0.05) is 12.6 Å². The number of hydrogen-bond donors (Lipinski definition) is 1. The molecule has 6 nitrogen and oxygen atoms in total. The summed E-state index contributed by atoms with van der Waals surface area (Å²) in [5.41, 5.74) is 1.98. The molecule has 2 aromatic heterocycles. The third kappa shape index (κ3) is 4.48. The molecule has 7 heteroatoms. The van der Waals surface area contributed by atoms with Crippen molar-refractivity contribution in [3.8, 4) is 16.3 Å². The van der Waals surface area contributed by atoms with E-state index < -0.39 is 0 Å². The van der Waals surface area contributed by atoms with E-state index in [-0.39, 0.29) is 24.4 Å². The van der Waals surface area contributed by atoms with Crippen LogP contribution in [-0.2, 0) is 4.79 Å². The molecular weight excluding hydrogens is 372 g/mol. The molecule has 3 aromatic rings. The second-order valence-corrected chi connectivity index (χ2v) is 7.63. The van der Waals surface area contributed by atoms with Gasteiger partial charge in [0.2, 0.25) is 5.91 Å². The van der Waals surface area contributed by atoms with Crippen LogP contribution in [0.15, 0.2) is 53.9 Å². The Bertz CT molecular complexity index is 933. The van der Waals surface area contributed by atoms with Gasteiger partial charge in [0.25, 0.3) is 5.91 Å². The minimum Gasteiger partial charge on any atom is -0.352 e. The second-order valence-electron chi connectivity index (χ2n) is 6.68. The van der Waals surface area contributed by atoms with E-state index in [9.17, 15) is 9.59 Å². The lowest BCUT2D eigenvalue weighted by molar-refractivity contribution is -0.122. The third-order valence-corrected chi connectivity index (χ3v) is 5.05. The van der Waals surface area contributed by atoms with Gasteiger partial charge in [-0.2, -0.15) is 5.10 Å². The standard InChI is InChI=1S/C21H24N4O2S/c1-4-24(14-20(26)22-15(2)3)21(27)18-13-17(19-11-8-12-28-19)23-25(18)16-9-6-5-7-10-16/h5-13,15H,4,14H2,1-3H3,(H,22,26). The van der Waals surface area contributed by atoms with E-state index in [4.69, 9.17) is 0 Å². The fourth-order valence-electron chi connectivity index (χ4n) is 2.87. The maximum atomic E-state index is 13.3. The van der Waals surface area contributed by atoms with Crippen LogP contribution in [-0.4, -0.2) is 45.6 Å². The number of thiophene rings is 1. The van der Waals surface area contributed by atoms with Crippen LogP contribution in [0, 0.1) is 0 Å². The van der Waals surface area contributed by atoms with E-state index in [0.717, 1.165) is 16.3 Å². The number of hydrogen-bond acceptors (Lipinski definition) is 4. The lowest BCUT2D eigenvalue weighted by Gasteiger charge is -2.21. The lowest BCUT2D eigenvalue weighted by Crippen LogP contribution is -2.43. The second kappa shape index (κ2) is 8.84. The molecule has 1 N–H and O–H groups in total. The fraction of sp³-hybridized carbons (Fsp3) is 0.286. The highest BCUT2D eigenvalue weighted by Crippen LogP contribution is 2.26. The van der Waals surface area contributed by atoms with Crippen molar-refractivity contribution in [2.45, 2.75) is 26.8 Å². The molecule has 1 aromatic carbocycles. The summed E-state index contributed by atoms with van der Waals surface area (Å²) >= 11 is 1.57. The van der Waals surface area contributed by atoms with E-state index in [2.05, 4.69) is 10.4 Å². The average Bonchev–Trinajstić information content (AvgIpc) is 3.35. The van der Waals surface area contributed by atoms with Gasteiger partial charge in [-0.15, -0.1) is 11.3 Å². The van der Waals surface area contributed by atoms with Crippen molar-refractivity contribution in [2.24, 2.45) is 0 Å². The molecule has 2 amide bonds. The van der Waals surface area contributed by atoms with Crippen LogP contribution in [0.25, 0.3) is 16.3 Å². The first-order chi connectivity index (χ1) is 13.5. The van der Waals surface area contributed by atoms with Gasteiger partial charge in [0.05, 0.1) is 17.1 Å². The van der Waals surface area contributed by atoms with Crippen molar-refractivity contribution in [1.82, 2.24) is 20.0 Å². The van der Waals surface area contributed by atoms with Gasteiger partial charge >= 0.3 is 0 Å². The Kier molecular flexibility index (Phi) is 6.26. The first kappa shape index (κ1) is 19.8. The summed E-state index contributed by atoms with van der Waals surface area (Å²) < 4.78 is 1.65. The summed E-state index contributed by atoms with van der Waals surface area (Å²) in [5.74, 6) is -0.393. The van der Waals surface area contributed by atoms with Crippen molar-refractivity contribution in [3.05, 3.63) is 59.6 Å². The highest BCUT2D eigenvalue weighted by atomic mass is 32.1. The van der Waals surface area contributed by atoms with Crippen LogP contribution < -0.4 is 5.32 Å². The van der Waals surface area contributed by atoms with Gasteiger partial charge in [-0.25, -0.2) is 4.68 Å². The Balaban J connectivity index is 1.96. The quantitative estimate of drug-likeness (QED) is 0.664. The summed E-state index contributed by atoms with van der Waals surface area (Å²) in [6, 6.07) is 15.3. The highest BCUT2D eigenvalue weighted by molar-refractivity contribution is 7.13. The minimum atomic E-state index is -0.222. The number of rotatable bonds is 7. The third-order valence-electron chi connectivity index (χ3n) is 4.16. The van der Waals surface area contributed by atoms with E-state index in [1.54, 1.807) is 22.1 Å². The molecular formula is C21H24N4O2S. The number of likely N-dealkylation sites (N-methyl/N-ethyl adjacent to an activating group) is 1. The maximum Gasteiger partial charge on any atom is 0.273 e. The number of carbonyl (C=O) groups excluding carboxylic acids is 2. The van der Waals surface area contributed by atoms with Gasteiger partial charge in [-0.3, -0.25) is 9.59 Å². The molecule has 0 aliphatic heterocycles. The zero-order chi connectivity index (χ0) is 20.1. The fourth-order valence-corrected chi connectivity index (χ4v) is 3.56. The molecule has 3 rings (SSSR count). The normalized spacial score (nSPS) is 10.9. The van der Waals surface area contributed by atoms with Crippen LogP contribution in [0.1, 0.15) is 31.3 Å². The predicted molar refractivity (Wildman–Crippen MR) is 112 cm³/mol. The average molecular weight is 397 g/mol. The Morgan fingerprint density at radius 2 is 1.93 bits per heavy atom. The minimum absolute atomic E-state index is 0.0157. The van der Waals surface area contributed by atoms with Gasteiger partial charge in [-0.1, -0.05) is 24.3 Å². The molecule has 0 saturated heterocycles. The van der Waals surface area contributed by atoms with Crippen molar-refractivity contribution in [3.63, 3.8) is 0 Å². The van der Waals surface area contributed by atoms with Crippen LogP contribution in [0.4, 0.5) is 0 Å². The number of carbonyl (C=O) groups is 2. The molecule has 0 aliphatic carbocycles. The summed E-state index contributed by atoms with van der Waals surface area (Å²) in [6.07, 6.45) is 0. The molecule has 0 saturated carbocycles. The number of nitrogens with zero attached hydrogens (tertiary/aromatic N) is 3. The molecule has 28 heavy (non-hydrogen) atoms. The Morgan fingerprint density at radius 1 is 1.18 bits per heavy atom. The van der Waals surface area contributed by atoms with Crippen molar-refractivity contribution in [1.29, 1.82) is 0 Å². The topological polar surface area (TPSA) is 67.2 Å². The number of nitrogens with one attached hydrogen (secondary N) is 1. The van der Waals surface area contributed by atoms with Crippen molar-refractivity contribution < 1.29 is 9.59 Å². The van der Waals surface area contributed by atoms with E-state index >= 15 is 0 Å². The van der Waals surface area contributed by atoms with Crippen molar-refractivity contribution >= 4 is 23.2 Å². The maximum absolute atomic E-state index is 13.3. The van der Waals surface area contributed by atoms with Crippen molar-refractivity contribution in [2.75, 3.05) is 13.1 Å². The SMILES string of the molecule is CCN(CC(=O)NC(C)C)C(=O)c1cc(-c2cccs2)nn1-c1ccccc1. The Hall–Kier alpha value is -2.93. The van der Waals surface area contributed by atoms with Crippen LogP contribution in [0.5, 0.6) is 0 Å². The van der Waals surface area contributed by atoms with Gasteiger partial charge < -0.3 is 10.2 Å². The monoisotopic (exact) mass is 396 g/mol. The Labute approximate surface area is 168 Å². The molecule has 0 fully saturated rings.